The number of hydrogen-bond donors (Lipinski definition) is 3. The number of carboxylic acid groups (broad SMARTS) is 1. The van der Waals surface area contributed by atoms with Crippen molar-refractivity contribution in [2.75, 3.05) is 5.88 Å². The first kappa shape index (κ1) is 20.8. The number of ether oxygens (including phenoxy) is 2. The van der Waals surface area contributed by atoms with Crippen molar-refractivity contribution in [1.29, 1.82) is 0 Å². The summed E-state index contributed by atoms with van der Waals surface area (Å²) in [5.74, 6) is -6.60. The summed E-state index contributed by atoms with van der Waals surface area (Å²) >= 11 is 5.97. The molecule has 3 N–H and O–H groups in total. The minimum Gasteiger partial charge on any atom is -0.481 e. The smallest absolute Gasteiger partial charge is 0.334 e. The Labute approximate surface area is 166 Å². The molecule has 0 amide bonds. The van der Waals surface area contributed by atoms with Gasteiger partial charge in [-0.2, -0.15) is 0 Å². The van der Waals surface area contributed by atoms with Crippen molar-refractivity contribution in [3.63, 3.8) is 0 Å². The lowest BCUT2D eigenvalue weighted by atomic mass is 9.76. The van der Waals surface area contributed by atoms with E-state index in [1.165, 1.54) is 6.92 Å². The van der Waals surface area contributed by atoms with Crippen molar-refractivity contribution in [1.82, 2.24) is 0 Å². The van der Waals surface area contributed by atoms with Crippen molar-refractivity contribution in [2.45, 2.75) is 43.7 Å². The molecule has 0 aromatic heterocycles. The molecule has 28 heavy (non-hydrogen) atoms. The molecule has 0 bridgehead atoms. The lowest BCUT2D eigenvalue weighted by Gasteiger charge is -2.37. The lowest BCUT2D eigenvalue weighted by Crippen LogP contribution is -2.52. The van der Waals surface area contributed by atoms with Crippen LogP contribution in [0.25, 0.3) is 0 Å². The second-order valence-electron chi connectivity index (χ2n) is 7.83. The fourth-order valence-electron chi connectivity index (χ4n) is 4.62. The van der Waals surface area contributed by atoms with Crippen LogP contribution in [0, 0.1) is 23.7 Å². The normalized spacial score (nSPS) is 40.9. The summed E-state index contributed by atoms with van der Waals surface area (Å²) in [7, 11) is 0. The molecule has 1 aliphatic heterocycles. The van der Waals surface area contributed by atoms with E-state index in [0.717, 1.165) is 0 Å². The van der Waals surface area contributed by atoms with Gasteiger partial charge in [-0.25, -0.2) is 4.79 Å². The van der Waals surface area contributed by atoms with E-state index in [9.17, 15) is 24.6 Å². The summed E-state index contributed by atoms with van der Waals surface area (Å²) in [5.41, 5.74) is -1.04. The van der Waals surface area contributed by atoms with Gasteiger partial charge in [0, 0.05) is 17.9 Å². The number of rotatable bonds is 4. The Bertz CT molecular complexity index is 748. The predicted molar refractivity (Wildman–Crippen MR) is 96.2 cm³/mol. The van der Waals surface area contributed by atoms with Gasteiger partial charge in [-0.05, 0) is 19.3 Å². The number of hydrogen-bond acceptors (Lipinski definition) is 7. The Morgan fingerprint density at radius 2 is 2.07 bits per heavy atom. The molecule has 0 aromatic rings. The molecule has 154 valence electrons. The SMILES string of the molecule is C=C1C(=O)O[C@H]2[C@H]1[C@@H](OC(=O)[C@H](C)C(=O)O)CC(=C)[C@@H]1C[C@H](O)[C@](O)(CCl)[C@H]21. The van der Waals surface area contributed by atoms with Gasteiger partial charge in [0.1, 0.15) is 17.8 Å². The number of alkyl halides is 1. The first-order valence-electron chi connectivity index (χ1n) is 9.00. The van der Waals surface area contributed by atoms with Gasteiger partial charge in [0.05, 0.1) is 17.9 Å². The molecule has 2 saturated carbocycles. The zero-order valence-corrected chi connectivity index (χ0v) is 16.1. The maximum Gasteiger partial charge on any atom is 0.334 e. The average Bonchev–Trinajstić information content (AvgIpc) is 3.03. The summed E-state index contributed by atoms with van der Waals surface area (Å²) in [6.45, 7) is 8.96. The summed E-state index contributed by atoms with van der Waals surface area (Å²) in [4.78, 5) is 35.5. The van der Waals surface area contributed by atoms with Gasteiger partial charge >= 0.3 is 17.9 Å². The van der Waals surface area contributed by atoms with Crippen molar-refractivity contribution in [3.05, 3.63) is 24.3 Å². The van der Waals surface area contributed by atoms with E-state index in [-0.39, 0.29) is 24.3 Å². The van der Waals surface area contributed by atoms with Gasteiger partial charge in [-0.15, -0.1) is 11.6 Å². The summed E-state index contributed by atoms with van der Waals surface area (Å²) in [5, 5.41) is 30.5. The molecule has 3 rings (SSSR count). The van der Waals surface area contributed by atoms with Crippen LogP contribution in [-0.4, -0.2) is 63.0 Å². The average molecular weight is 415 g/mol. The molecule has 0 radical (unpaired) electrons. The van der Waals surface area contributed by atoms with Crippen molar-refractivity contribution >= 4 is 29.5 Å². The van der Waals surface area contributed by atoms with Crippen molar-refractivity contribution in [3.8, 4) is 0 Å². The third-order valence-electron chi connectivity index (χ3n) is 6.27. The van der Waals surface area contributed by atoms with Crippen molar-refractivity contribution < 1.29 is 39.2 Å². The molecule has 3 fully saturated rings. The Hall–Kier alpha value is -1.90. The molecule has 8 nitrogen and oxygen atoms in total. The quantitative estimate of drug-likeness (QED) is 0.201. The van der Waals surface area contributed by atoms with Crippen LogP contribution in [-0.2, 0) is 23.9 Å². The van der Waals surface area contributed by atoms with Gasteiger partial charge in [-0.3, -0.25) is 9.59 Å². The number of carbonyl (C=O) groups is 3. The Kier molecular flexibility index (Phi) is 5.33. The van der Waals surface area contributed by atoms with Crippen LogP contribution < -0.4 is 0 Å². The fraction of sp³-hybridized carbons (Fsp3) is 0.632. The Morgan fingerprint density at radius 3 is 2.64 bits per heavy atom. The maximum atomic E-state index is 12.2. The summed E-state index contributed by atoms with van der Waals surface area (Å²) in [6, 6.07) is 0. The van der Waals surface area contributed by atoms with Crippen LogP contribution in [0.4, 0.5) is 0 Å². The highest BCUT2D eigenvalue weighted by atomic mass is 35.5. The second-order valence-corrected chi connectivity index (χ2v) is 8.09. The zero-order valence-electron chi connectivity index (χ0n) is 15.3. The molecule has 1 heterocycles. The number of esters is 2. The van der Waals surface area contributed by atoms with E-state index in [0.29, 0.717) is 5.57 Å². The third kappa shape index (κ3) is 3.03. The number of fused-ring (bicyclic) bond motifs is 3. The molecule has 1 saturated heterocycles. The largest absolute Gasteiger partial charge is 0.481 e. The number of aliphatic carboxylic acids is 1. The van der Waals surface area contributed by atoms with Gasteiger partial charge in [0.15, 0.2) is 5.92 Å². The number of carbonyl (C=O) groups excluding carboxylic acids is 2. The first-order valence-corrected chi connectivity index (χ1v) is 9.53. The molecular formula is C19H23ClO8. The monoisotopic (exact) mass is 414 g/mol. The van der Waals surface area contributed by atoms with Gasteiger partial charge in [-0.1, -0.05) is 18.7 Å². The van der Waals surface area contributed by atoms with Crippen LogP contribution >= 0.6 is 11.6 Å². The molecule has 0 aromatic carbocycles. The molecule has 0 unspecified atom stereocenters. The topological polar surface area (TPSA) is 130 Å². The number of halogens is 1. The molecular weight excluding hydrogens is 392 g/mol. The van der Waals surface area contributed by atoms with Crippen molar-refractivity contribution in [2.24, 2.45) is 23.7 Å². The molecule has 9 heteroatoms. The molecule has 0 spiro atoms. The van der Waals surface area contributed by atoms with Crippen LogP contribution in [0.5, 0.6) is 0 Å². The molecule has 8 atom stereocenters. The van der Waals surface area contributed by atoms with E-state index < -0.39 is 65.5 Å². The van der Waals surface area contributed by atoms with E-state index in [1.807, 2.05) is 0 Å². The van der Waals surface area contributed by atoms with Crippen LogP contribution in [0.3, 0.4) is 0 Å². The minimum absolute atomic E-state index is 0.0672. The van der Waals surface area contributed by atoms with E-state index >= 15 is 0 Å². The number of aliphatic hydroxyl groups excluding tert-OH is 1. The third-order valence-corrected chi connectivity index (χ3v) is 6.70. The van der Waals surface area contributed by atoms with Crippen LogP contribution in [0.2, 0.25) is 0 Å². The molecule has 2 aliphatic carbocycles. The minimum atomic E-state index is -1.71. The van der Waals surface area contributed by atoms with E-state index in [1.54, 1.807) is 0 Å². The predicted octanol–water partition coefficient (Wildman–Crippen LogP) is 0.643. The maximum absolute atomic E-state index is 12.2. The highest BCUT2D eigenvalue weighted by molar-refractivity contribution is 6.18. The summed E-state index contributed by atoms with van der Waals surface area (Å²) < 4.78 is 10.9. The zero-order chi connectivity index (χ0) is 21.0. The Balaban J connectivity index is 2.00. The first-order chi connectivity index (χ1) is 13.0. The van der Waals surface area contributed by atoms with E-state index in [4.69, 9.17) is 26.2 Å². The number of carboxylic acids is 1. The van der Waals surface area contributed by atoms with Crippen LogP contribution in [0.1, 0.15) is 19.8 Å². The highest BCUT2D eigenvalue weighted by Crippen LogP contribution is 2.55. The van der Waals surface area contributed by atoms with Gasteiger partial charge in [0.2, 0.25) is 0 Å². The Morgan fingerprint density at radius 1 is 1.43 bits per heavy atom. The summed E-state index contributed by atoms with van der Waals surface area (Å²) in [6.07, 6.45) is -2.68. The molecule has 3 aliphatic rings. The highest BCUT2D eigenvalue weighted by Gasteiger charge is 2.64. The second kappa shape index (κ2) is 7.17. The standard InChI is InChI=1S/C19H23ClO8/c1-7-4-11(27-18(25)9(3)16(22)23)13-8(2)17(24)28-15(13)14-10(7)5-12(21)19(14,26)6-20/h9-15,21,26H,1-2,4-6H2,3H3,(H,22,23)/t9-,10+,11+,12+,13-,14+,15+,19-/m1/s1. The van der Waals surface area contributed by atoms with Gasteiger partial charge in [0.25, 0.3) is 0 Å². The van der Waals surface area contributed by atoms with E-state index in [2.05, 4.69) is 13.2 Å². The van der Waals surface area contributed by atoms with Gasteiger partial charge < -0.3 is 24.8 Å². The van der Waals surface area contributed by atoms with Crippen LogP contribution in [0.15, 0.2) is 24.3 Å². The lowest BCUT2D eigenvalue weighted by molar-refractivity contribution is -0.165. The number of aliphatic hydroxyl groups is 2. The fourth-order valence-corrected chi connectivity index (χ4v) is 4.97.